The standard InChI is InChI=1S/C19H20N2O2/c1-2-3-13-23-18-9-7-17(8-10-18)21-19(22)16-6-4-5-15(14-16)11-12-20/h4-10,14H,2-3,11,13H2,1H3,(H,21,22). The molecule has 0 aliphatic rings. The molecule has 0 aliphatic heterocycles. The molecule has 0 radical (unpaired) electrons. The zero-order valence-corrected chi connectivity index (χ0v) is 13.2. The summed E-state index contributed by atoms with van der Waals surface area (Å²) in [5.74, 6) is 0.608. The minimum Gasteiger partial charge on any atom is -0.494 e. The van der Waals surface area contributed by atoms with Crippen molar-refractivity contribution in [2.24, 2.45) is 0 Å². The van der Waals surface area contributed by atoms with Crippen LogP contribution in [0.4, 0.5) is 5.69 Å². The fraction of sp³-hybridized carbons (Fsp3) is 0.263. The molecule has 2 aromatic rings. The molecule has 0 unspecified atom stereocenters. The molecule has 0 heterocycles. The molecule has 0 saturated carbocycles. The SMILES string of the molecule is CCCCOc1ccc(NC(=O)c2cccc(CC#N)c2)cc1. The van der Waals surface area contributed by atoms with Crippen LogP contribution >= 0.6 is 0 Å². The van der Waals surface area contributed by atoms with Crippen molar-refractivity contribution in [3.05, 3.63) is 59.7 Å². The summed E-state index contributed by atoms with van der Waals surface area (Å²) in [6.07, 6.45) is 2.42. The third-order valence-electron chi connectivity index (χ3n) is 3.35. The third kappa shape index (κ3) is 5.15. The third-order valence-corrected chi connectivity index (χ3v) is 3.35. The Morgan fingerprint density at radius 1 is 1.22 bits per heavy atom. The summed E-state index contributed by atoms with van der Waals surface area (Å²) in [6, 6.07) is 16.5. The average Bonchev–Trinajstić information content (AvgIpc) is 2.57. The number of amides is 1. The molecule has 0 aliphatic carbocycles. The van der Waals surface area contributed by atoms with E-state index < -0.39 is 0 Å². The molecular weight excluding hydrogens is 288 g/mol. The van der Waals surface area contributed by atoms with Crippen molar-refractivity contribution in [3.63, 3.8) is 0 Å². The normalized spacial score (nSPS) is 9.91. The Balaban J connectivity index is 1.97. The van der Waals surface area contributed by atoms with Crippen LogP contribution in [0.25, 0.3) is 0 Å². The Hall–Kier alpha value is -2.80. The molecule has 4 heteroatoms. The fourth-order valence-corrected chi connectivity index (χ4v) is 2.09. The maximum absolute atomic E-state index is 12.2. The van der Waals surface area contributed by atoms with Gasteiger partial charge in [0.25, 0.3) is 5.91 Å². The first-order chi connectivity index (χ1) is 11.2. The van der Waals surface area contributed by atoms with Crippen molar-refractivity contribution in [1.82, 2.24) is 0 Å². The summed E-state index contributed by atoms with van der Waals surface area (Å²) in [5, 5.41) is 11.6. The van der Waals surface area contributed by atoms with Crippen LogP contribution in [-0.2, 0) is 6.42 Å². The van der Waals surface area contributed by atoms with Crippen molar-refractivity contribution in [2.45, 2.75) is 26.2 Å². The number of unbranched alkanes of at least 4 members (excludes halogenated alkanes) is 1. The summed E-state index contributed by atoms with van der Waals surface area (Å²) < 4.78 is 5.59. The summed E-state index contributed by atoms with van der Waals surface area (Å²) in [7, 11) is 0. The second kappa shape index (κ2) is 8.60. The van der Waals surface area contributed by atoms with Crippen LogP contribution in [0.1, 0.15) is 35.7 Å². The summed E-state index contributed by atoms with van der Waals surface area (Å²) in [5.41, 5.74) is 2.09. The quantitative estimate of drug-likeness (QED) is 0.780. The summed E-state index contributed by atoms with van der Waals surface area (Å²) >= 11 is 0. The van der Waals surface area contributed by atoms with Gasteiger partial charge in [0.1, 0.15) is 5.75 Å². The predicted octanol–water partition coefficient (Wildman–Crippen LogP) is 4.18. The predicted molar refractivity (Wildman–Crippen MR) is 90.6 cm³/mol. The summed E-state index contributed by atoms with van der Waals surface area (Å²) in [6.45, 7) is 2.82. The van der Waals surface area contributed by atoms with Crippen LogP contribution in [-0.4, -0.2) is 12.5 Å². The topological polar surface area (TPSA) is 62.1 Å². The smallest absolute Gasteiger partial charge is 0.255 e. The van der Waals surface area contributed by atoms with Gasteiger partial charge in [0.05, 0.1) is 19.1 Å². The highest BCUT2D eigenvalue weighted by molar-refractivity contribution is 6.04. The summed E-state index contributed by atoms with van der Waals surface area (Å²) in [4.78, 5) is 12.2. The minimum atomic E-state index is -0.190. The van der Waals surface area contributed by atoms with E-state index in [0.717, 1.165) is 24.2 Å². The van der Waals surface area contributed by atoms with Gasteiger partial charge < -0.3 is 10.1 Å². The maximum Gasteiger partial charge on any atom is 0.255 e. The van der Waals surface area contributed by atoms with Crippen molar-refractivity contribution < 1.29 is 9.53 Å². The number of hydrogen-bond donors (Lipinski definition) is 1. The molecule has 0 bridgehead atoms. The van der Waals surface area contributed by atoms with E-state index in [-0.39, 0.29) is 5.91 Å². The van der Waals surface area contributed by atoms with E-state index in [4.69, 9.17) is 10.00 Å². The van der Waals surface area contributed by atoms with Crippen LogP contribution in [0.2, 0.25) is 0 Å². The number of hydrogen-bond acceptors (Lipinski definition) is 3. The van der Waals surface area contributed by atoms with E-state index in [0.29, 0.717) is 24.3 Å². The maximum atomic E-state index is 12.2. The highest BCUT2D eigenvalue weighted by Crippen LogP contribution is 2.17. The van der Waals surface area contributed by atoms with Crippen molar-refractivity contribution in [3.8, 4) is 11.8 Å². The highest BCUT2D eigenvalue weighted by atomic mass is 16.5. The van der Waals surface area contributed by atoms with Crippen LogP contribution in [0.15, 0.2) is 48.5 Å². The van der Waals surface area contributed by atoms with Gasteiger partial charge in [0, 0.05) is 11.3 Å². The van der Waals surface area contributed by atoms with Crippen molar-refractivity contribution in [1.29, 1.82) is 5.26 Å². The number of nitriles is 1. The lowest BCUT2D eigenvalue weighted by atomic mass is 10.1. The van der Waals surface area contributed by atoms with Gasteiger partial charge in [-0.3, -0.25) is 4.79 Å². The Kier molecular flexibility index (Phi) is 6.19. The molecule has 0 saturated heterocycles. The number of benzene rings is 2. The molecule has 0 atom stereocenters. The highest BCUT2D eigenvalue weighted by Gasteiger charge is 2.07. The Bertz CT molecular complexity index is 687. The molecule has 118 valence electrons. The molecule has 0 fully saturated rings. The van der Waals surface area contributed by atoms with E-state index in [2.05, 4.69) is 18.3 Å². The van der Waals surface area contributed by atoms with Crippen LogP contribution in [0.3, 0.4) is 0 Å². The number of nitrogens with one attached hydrogen (secondary N) is 1. The molecule has 0 spiro atoms. The molecule has 4 nitrogen and oxygen atoms in total. The first kappa shape index (κ1) is 16.6. The first-order valence-electron chi connectivity index (χ1n) is 7.73. The average molecular weight is 308 g/mol. The zero-order chi connectivity index (χ0) is 16.5. The Labute approximate surface area is 136 Å². The van der Waals surface area contributed by atoms with Gasteiger partial charge in [-0.1, -0.05) is 25.5 Å². The zero-order valence-electron chi connectivity index (χ0n) is 13.2. The monoisotopic (exact) mass is 308 g/mol. The van der Waals surface area contributed by atoms with Gasteiger partial charge in [-0.2, -0.15) is 5.26 Å². The van der Waals surface area contributed by atoms with E-state index >= 15 is 0 Å². The van der Waals surface area contributed by atoms with Gasteiger partial charge in [-0.15, -0.1) is 0 Å². The van der Waals surface area contributed by atoms with Gasteiger partial charge >= 0.3 is 0 Å². The van der Waals surface area contributed by atoms with E-state index in [9.17, 15) is 4.79 Å². The van der Waals surface area contributed by atoms with E-state index in [1.165, 1.54) is 0 Å². The van der Waals surface area contributed by atoms with Gasteiger partial charge in [0.15, 0.2) is 0 Å². The fourth-order valence-electron chi connectivity index (χ4n) is 2.09. The second-order valence-corrected chi connectivity index (χ2v) is 5.22. The number of anilines is 1. The first-order valence-corrected chi connectivity index (χ1v) is 7.73. The van der Waals surface area contributed by atoms with Gasteiger partial charge in [-0.05, 0) is 48.4 Å². The number of rotatable bonds is 7. The van der Waals surface area contributed by atoms with Crippen LogP contribution < -0.4 is 10.1 Å². The van der Waals surface area contributed by atoms with Crippen LogP contribution in [0.5, 0.6) is 5.75 Å². The molecule has 1 N–H and O–H groups in total. The number of nitrogens with zero attached hydrogens (tertiary/aromatic N) is 1. The number of carbonyl (C=O) groups is 1. The van der Waals surface area contributed by atoms with Crippen molar-refractivity contribution in [2.75, 3.05) is 11.9 Å². The molecule has 1 amide bonds. The Morgan fingerprint density at radius 3 is 2.70 bits per heavy atom. The number of carbonyl (C=O) groups excluding carboxylic acids is 1. The lowest BCUT2D eigenvalue weighted by Crippen LogP contribution is -2.12. The lowest BCUT2D eigenvalue weighted by Gasteiger charge is -2.08. The molecule has 2 rings (SSSR count). The Morgan fingerprint density at radius 2 is 2.00 bits per heavy atom. The van der Waals surface area contributed by atoms with E-state index in [1.54, 1.807) is 18.2 Å². The van der Waals surface area contributed by atoms with E-state index in [1.807, 2.05) is 30.3 Å². The van der Waals surface area contributed by atoms with Crippen molar-refractivity contribution >= 4 is 11.6 Å². The van der Waals surface area contributed by atoms with Gasteiger partial charge in [0.2, 0.25) is 0 Å². The largest absolute Gasteiger partial charge is 0.494 e. The second-order valence-electron chi connectivity index (χ2n) is 5.22. The molecular formula is C19H20N2O2. The van der Waals surface area contributed by atoms with Gasteiger partial charge in [-0.25, -0.2) is 0 Å². The molecule has 0 aromatic heterocycles. The number of ether oxygens (including phenoxy) is 1. The molecule has 23 heavy (non-hydrogen) atoms. The molecule has 2 aromatic carbocycles. The van der Waals surface area contributed by atoms with Crippen LogP contribution in [0, 0.1) is 11.3 Å². The lowest BCUT2D eigenvalue weighted by molar-refractivity contribution is 0.102. The minimum absolute atomic E-state index is 0.190.